The van der Waals surface area contributed by atoms with E-state index in [1.165, 1.54) is 0 Å². The molecule has 3 rings (SSSR count). The largest absolute Gasteiger partial charge is 0.494 e. The van der Waals surface area contributed by atoms with Gasteiger partial charge in [-0.25, -0.2) is 4.79 Å². The summed E-state index contributed by atoms with van der Waals surface area (Å²) in [5.41, 5.74) is 2.49. The van der Waals surface area contributed by atoms with Crippen LogP contribution >= 0.6 is 0 Å². The van der Waals surface area contributed by atoms with Gasteiger partial charge in [0, 0.05) is 43.4 Å². The van der Waals surface area contributed by atoms with E-state index >= 15 is 0 Å². The molecule has 1 fully saturated rings. The first kappa shape index (κ1) is 25.6. The second kappa shape index (κ2) is 13.0. The first-order valence-electron chi connectivity index (χ1n) is 12.2. The summed E-state index contributed by atoms with van der Waals surface area (Å²) in [5, 5.41) is 5.95. The number of piperidine rings is 1. The van der Waals surface area contributed by atoms with Gasteiger partial charge in [0.1, 0.15) is 5.75 Å². The third kappa shape index (κ3) is 7.76. The number of rotatable bonds is 10. The molecule has 7 heteroatoms. The summed E-state index contributed by atoms with van der Waals surface area (Å²) >= 11 is 0. The Bertz CT molecular complexity index is 930. The molecule has 0 radical (unpaired) electrons. The number of benzene rings is 2. The van der Waals surface area contributed by atoms with Crippen LogP contribution in [0.1, 0.15) is 61.9 Å². The van der Waals surface area contributed by atoms with Gasteiger partial charge in [0.2, 0.25) is 0 Å². The monoisotopic (exact) mass is 467 g/mol. The zero-order chi connectivity index (χ0) is 24.3. The molecule has 1 atom stereocenters. The summed E-state index contributed by atoms with van der Waals surface area (Å²) in [4.78, 5) is 27.3. The highest BCUT2D eigenvalue weighted by Crippen LogP contribution is 2.28. The number of hydrogen-bond acceptors (Lipinski definition) is 4. The van der Waals surface area contributed by atoms with Crippen molar-refractivity contribution < 1.29 is 19.1 Å². The standard InChI is InChI=1S/C27H37N3O4/c1-4-33-25-13-11-24(12-14-25)29-27(32)30-16-6-10-23(19-30)21-8-5-9-22(18-21)26(31)28-15-7-17-34-20(2)3/h5,8-9,11-14,18,20,23H,4,6-7,10,15-17,19H2,1-3H3,(H,28,31)(H,29,32). The molecule has 1 saturated heterocycles. The van der Waals surface area contributed by atoms with Gasteiger partial charge < -0.3 is 25.0 Å². The molecule has 1 aliphatic heterocycles. The van der Waals surface area contributed by atoms with Crippen LogP contribution in [0.4, 0.5) is 10.5 Å². The lowest BCUT2D eigenvalue weighted by Crippen LogP contribution is -2.41. The summed E-state index contributed by atoms with van der Waals surface area (Å²) in [6, 6.07) is 15.1. The van der Waals surface area contributed by atoms with Gasteiger partial charge in [-0.05, 0) is 82.0 Å². The summed E-state index contributed by atoms with van der Waals surface area (Å²) in [6.07, 6.45) is 2.90. The van der Waals surface area contributed by atoms with Crippen molar-refractivity contribution in [2.75, 3.05) is 38.2 Å². The third-order valence-corrected chi connectivity index (χ3v) is 5.80. The first-order chi connectivity index (χ1) is 16.5. The third-order valence-electron chi connectivity index (χ3n) is 5.80. The van der Waals surface area contributed by atoms with E-state index in [2.05, 4.69) is 10.6 Å². The average Bonchev–Trinajstić information content (AvgIpc) is 2.85. The van der Waals surface area contributed by atoms with Gasteiger partial charge >= 0.3 is 6.03 Å². The number of nitrogens with one attached hydrogen (secondary N) is 2. The molecule has 2 aromatic carbocycles. The molecule has 7 nitrogen and oxygen atoms in total. The Balaban J connectivity index is 1.53. The van der Waals surface area contributed by atoms with Crippen molar-refractivity contribution in [1.82, 2.24) is 10.2 Å². The number of nitrogens with zero attached hydrogens (tertiary/aromatic N) is 1. The second-order valence-corrected chi connectivity index (χ2v) is 8.83. The Morgan fingerprint density at radius 3 is 2.68 bits per heavy atom. The molecule has 2 aromatic rings. The Morgan fingerprint density at radius 2 is 1.94 bits per heavy atom. The van der Waals surface area contributed by atoms with Crippen LogP contribution in [0.15, 0.2) is 48.5 Å². The van der Waals surface area contributed by atoms with Gasteiger partial charge in [-0.2, -0.15) is 0 Å². The number of amides is 3. The molecule has 1 heterocycles. The molecule has 1 unspecified atom stereocenters. The maximum Gasteiger partial charge on any atom is 0.321 e. The quantitative estimate of drug-likeness (QED) is 0.480. The van der Waals surface area contributed by atoms with Crippen molar-refractivity contribution in [2.45, 2.75) is 52.1 Å². The van der Waals surface area contributed by atoms with Crippen molar-refractivity contribution in [1.29, 1.82) is 0 Å². The van der Waals surface area contributed by atoms with Crippen LogP contribution < -0.4 is 15.4 Å². The number of anilines is 1. The van der Waals surface area contributed by atoms with Crippen LogP contribution in [0.25, 0.3) is 0 Å². The van der Waals surface area contributed by atoms with Crippen LogP contribution in [-0.2, 0) is 4.74 Å². The maximum atomic E-state index is 12.9. The second-order valence-electron chi connectivity index (χ2n) is 8.83. The summed E-state index contributed by atoms with van der Waals surface area (Å²) in [5.74, 6) is 0.908. The van der Waals surface area contributed by atoms with Crippen molar-refractivity contribution in [3.05, 3.63) is 59.7 Å². The van der Waals surface area contributed by atoms with Crippen LogP contribution in [-0.4, -0.2) is 55.8 Å². The maximum absolute atomic E-state index is 12.9. The fraction of sp³-hybridized carbons (Fsp3) is 0.481. The van der Waals surface area contributed by atoms with Gasteiger partial charge in [0.15, 0.2) is 0 Å². The van der Waals surface area contributed by atoms with E-state index in [0.717, 1.165) is 42.8 Å². The predicted molar refractivity (Wildman–Crippen MR) is 135 cm³/mol. The Morgan fingerprint density at radius 1 is 1.15 bits per heavy atom. The lowest BCUT2D eigenvalue weighted by atomic mass is 9.89. The summed E-state index contributed by atoms with van der Waals surface area (Å²) in [7, 11) is 0. The number of carbonyl (C=O) groups is 2. The predicted octanol–water partition coefficient (Wildman–Crippen LogP) is 5.04. The van der Waals surface area contributed by atoms with Crippen molar-refractivity contribution in [2.24, 2.45) is 0 Å². The molecule has 184 valence electrons. The number of urea groups is 1. The number of carbonyl (C=O) groups excluding carboxylic acids is 2. The van der Waals surface area contributed by atoms with Gasteiger partial charge in [0.25, 0.3) is 5.91 Å². The average molecular weight is 468 g/mol. The van der Waals surface area contributed by atoms with Crippen LogP contribution in [0.3, 0.4) is 0 Å². The molecule has 0 aromatic heterocycles. The van der Waals surface area contributed by atoms with Gasteiger partial charge in [-0.15, -0.1) is 0 Å². The lowest BCUT2D eigenvalue weighted by Gasteiger charge is -2.33. The highest BCUT2D eigenvalue weighted by Gasteiger charge is 2.25. The highest BCUT2D eigenvalue weighted by atomic mass is 16.5. The first-order valence-corrected chi connectivity index (χ1v) is 12.2. The molecule has 34 heavy (non-hydrogen) atoms. The van der Waals surface area contributed by atoms with Crippen LogP contribution in [0.2, 0.25) is 0 Å². The van der Waals surface area contributed by atoms with E-state index in [1.54, 1.807) is 0 Å². The molecule has 0 bridgehead atoms. The normalized spacial score (nSPS) is 15.8. The highest BCUT2D eigenvalue weighted by molar-refractivity contribution is 5.94. The SMILES string of the molecule is CCOc1ccc(NC(=O)N2CCCC(c3cccc(C(=O)NCCCOC(C)C)c3)C2)cc1. The van der Waals surface area contributed by atoms with E-state index in [0.29, 0.717) is 31.9 Å². The Hall–Kier alpha value is -3.06. The molecular weight excluding hydrogens is 430 g/mol. The minimum atomic E-state index is -0.105. The van der Waals surface area contributed by atoms with Gasteiger partial charge in [-0.3, -0.25) is 4.79 Å². The fourth-order valence-corrected chi connectivity index (χ4v) is 4.07. The minimum absolute atomic E-state index is 0.0766. The van der Waals surface area contributed by atoms with E-state index in [1.807, 2.05) is 74.2 Å². The molecule has 2 N–H and O–H groups in total. The van der Waals surface area contributed by atoms with Crippen molar-refractivity contribution in [3.8, 4) is 5.75 Å². The summed E-state index contributed by atoms with van der Waals surface area (Å²) < 4.78 is 11.0. The molecule has 1 aliphatic rings. The molecule has 0 saturated carbocycles. The Kier molecular flexibility index (Phi) is 9.76. The van der Waals surface area contributed by atoms with Crippen LogP contribution in [0.5, 0.6) is 5.75 Å². The van der Waals surface area contributed by atoms with E-state index in [4.69, 9.17) is 9.47 Å². The van der Waals surface area contributed by atoms with Crippen LogP contribution in [0, 0.1) is 0 Å². The summed E-state index contributed by atoms with van der Waals surface area (Å²) in [6.45, 7) is 9.11. The van der Waals surface area contributed by atoms with E-state index in [-0.39, 0.29) is 24.0 Å². The van der Waals surface area contributed by atoms with E-state index in [9.17, 15) is 9.59 Å². The molecule has 0 aliphatic carbocycles. The van der Waals surface area contributed by atoms with Gasteiger partial charge in [0.05, 0.1) is 12.7 Å². The molecular formula is C27H37N3O4. The van der Waals surface area contributed by atoms with Gasteiger partial charge in [-0.1, -0.05) is 12.1 Å². The lowest BCUT2D eigenvalue weighted by molar-refractivity contribution is 0.0757. The minimum Gasteiger partial charge on any atom is -0.494 e. The smallest absolute Gasteiger partial charge is 0.321 e. The zero-order valence-corrected chi connectivity index (χ0v) is 20.5. The molecule has 3 amide bonds. The Labute approximate surface area is 202 Å². The molecule has 0 spiro atoms. The topological polar surface area (TPSA) is 79.9 Å². The van der Waals surface area contributed by atoms with Crippen molar-refractivity contribution >= 4 is 17.6 Å². The van der Waals surface area contributed by atoms with E-state index < -0.39 is 0 Å². The number of ether oxygens (including phenoxy) is 2. The number of hydrogen-bond donors (Lipinski definition) is 2. The van der Waals surface area contributed by atoms with Crippen molar-refractivity contribution in [3.63, 3.8) is 0 Å². The number of likely N-dealkylation sites (tertiary alicyclic amines) is 1. The fourth-order valence-electron chi connectivity index (χ4n) is 4.07. The zero-order valence-electron chi connectivity index (χ0n) is 20.5.